The van der Waals surface area contributed by atoms with Crippen LogP contribution in [0.2, 0.25) is 0 Å². The Morgan fingerprint density at radius 3 is 2.85 bits per heavy atom. The molecule has 0 bridgehead atoms. The van der Waals surface area contributed by atoms with Gasteiger partial charge in [0.1, 0.15) is 5.69 Å². The molecule has 0 radical (unpaired) electrons. The second kappa shape index (κ2) is 4.33. The first-order valence-corrected chi connectivity index (χ1v) is 6.42. The fraction of sp³-hybridized carbons (Fsp3) is 0.357. The summed E-state index contributed by atoms with van der Waals surface area (Å²) in [4.78, 5) is 22.0. The highest BCUT2D eigenvalue weighted by atomic mass is 16.6. The van der Waals surface area contributed by atoms with Gasteiger partial charge in [0.15, 0.2) is 0 Å². The normalized spacial score (nSPS) is 26.6. The quantitative estimate of drug-likeness (QED) is 0.494. The number of carbonyl (C=O) groups excluding carboxylic acids is 1. The Morgan fingerprint density at radius 2 is 2.20 bits per heavy atom. The molecule has 1 aliphatic carbocycles. The maximum atomic E-state index is 11.3. The van der Waals surface area contributed by atoms with E-state index in [9.17, 15) is 20.0 Å². The number of nitro benzene ring substituents is 1. The minimum absolute atomic E-state index is 0.0787. The number of aliphatic carboxylic acids is 1. The number of nitro groups is 1. The van der Waals surface area contributed by atoms with Gasteiger partial charge in [-0.3, -0.25) is 10.1 Å². The zero-order valence-corrected chi connectivity index (χ0v) is 10.8. The first-order valence-electron chi connectivity index (χ1n) is 6.42. The van der Waals surface area contributed by atoms with Gasteiger partial charge in [-0.05, 0) is 30.4 Å². The number of rotatable bonds is 2. The second-order valence-electron chi connectivity index (χ2n) is 5.30. The predicted molar refractivity (Wildman–Crippen MR) is 70.2 cm³/mol. The molecule has 6 nitrogen and oxygen atoms in total. The molecule has 1 N–H and O–H groups in total. The Kier molecular flexibility index (Phi) is 2.74. The molecule has 20 heavy (non-hydrogen) atoms. The third-order valence-electron chi connectivity index (χ3n) is 4.04. The van der Waals surface area contributed by atoms with Crippen molar-refractivity contribution >= 4 is 17.3 Å². The number of hydrogen-bond acceptors (Lipinski definition) is 5. The van der Waals surface area contributed by atoms with Crippen LogP contribution in [0.5, 0.6) is 0 Å². The largest absolute Gasteiger partial charge is 0.548 e. The van der Waals surface area contributed by atoms with Crippen LogP contribution < -0.4 is 10.4 Å². The van der Waals surface area contributed by atoms with Gasteiger partial charge in [0.05, 0.1) is 16.9 Å². The van der Waals surface area contributed by atoms with Gasteiger partial charge in [-0.25, -0.2) is 0 Å². The van der Waals surface area contributed by atoms with E-state index in [1.807, 2.05) is 18.2 Å². The van der Waals surface area contributed by atoms with Gasteiger partial charge >= 0.3 is 0 Å². The molecular weight excluding hydrogens is 260 g/mol. The van der Waals surface area contributed by atoms with Crippen LogP contribution >= 0.6 is 0 Å². The molecule has 0 aromatic heterocycles. The van der Waals surface area contributed by atoms with E-state index in [2.05, 4.69) is 5.32 Å². The number of allylic oxidation sites excluding steroid dienone is 2. The fourth-order valence-electron chi connectivity index (χ4n) is 3.20. The zero-order chi connectivity index (χ0) is 14.4. The van der Waals surface area contributed by atoms with Crippen LogP contribution in [0, 0.1) is 23.0 Å². The number of nitrogens with zero attached hydrogens (tertiary/aromatic N) is 1. The van der Waals surface area contributed by atoms with E-state index < -0.39 is 16.9 Å². The maximum Gasteiger partial charge on any atom is 0.292 e. The molecule has 1 aliphatic heterocycles. The Labute approximate surface area is 115 Å². The number of carboxylic acids is 1. The number of aryl methyl sites for hydroxylation is 1. The van der Waals surface area contributed by atoms with Crippen molar-refractivity contribution in [2.45, 2.75) is 25.3 Å². The number of fused-ring (bicyclic) bond motifs is 3. The molecule has 104 valence electrons. The van der Waals surface area contributed by atoms with E-state index in [4.69, 9.17) is 0 Å². The summed E-state index contributed by atoms with van der Waals surface area (Å²) in [5.41, 5.74) is 1.82. The highest BCUT2D eigenvalue weighted by molar-refractivity contribution is 5.82. The molecule has 6 heteroatoms. The summed E-state index contributed by atoms with van der Waals surface area (Å²) >= 11 is 0. The molecule has 2 aliphatic rings. The van der Waals surface area contributed by atoms with Crippen molar-refractivity contribution < 1.29 is 14.8 Å². The van der Waals surface area contributed by atoms with E-state index in [-0.39, 0.29) is 17.5 Å². The highest BCUT2D eigenvalue weighted by Gasteiger charge is 2.40. The molecule has 1 aromatic carbocycles. The molecule has 0 unspecified atom stereocenters. The molecule has 3 atom stereocenters. The Bertz CT molecular complexity index is 638. The van der Waals surface area contributed by atoms with Crippen molar-refractivity contribution in [2.24, 2.45) is 5.92 Å². The lowest BCUT2D eigenvalue weighted by molar-refractivity contribution is -0.384. The van der Waals surface area contributed by atoms with Gasteiger partial charge in [-0.1, -0.05) is 18.2 Å². The van der Waals surface area contributed by atoms with Gasteiger partial charge in [0.2, 0.25) is 0 Å². The molecule has 0 saturated heterocycles. The lowest BCUT2D eigenvalue weighted by Crippen LogP contribution is -2.49. The van der Waals surface area contributed by atoms with Crippen molar-refractivity contribution in [3.63, 3.8) is 0 Å². The van der Waals surface area contributed by atoms with Crippen molar-refractivity contribution in [3.8, 4) is 0 Å². The Balaban J connectivity index is 2.19. The standard InChI is InChI=1S/C14H14N2O4/c1-7-5-10-8-3-2-4-9(8)13(14(17)18)15-12(10)11(6-7)16(19)20/h2-3,5-6,8-9,13,15H,4H2,1H3,(H,17,18)/p-1/t8-,9+,13-/m0/s1. The number of nitrogens with one attached hydrogen (secondary N) is 1. The zero-order valence-electron chi connectivity index (χ0n) is 10.8. The van der Waals surface area contributed by atoms with Crippen LogP contribution in [-0.2, 0) is 4.79 Å². The first-order chi connectivity index (χ1) is 9.49. The number of carbonyl (C=O) groups is 1. The number of carboxylic acid groups (broad SMARTS) is 1. The molecule has 0 spiro atoms. The van der Waals surface area contributed by atoms with Gasteiger partial charge in [-0.15, -0.1) is 0 Å². The Hall–Kier alpha value is -2.37. The average Bonchev–Trinajstić information content (AvgIpc) is 2.85. The summed E-state index contributed by atoms with van der Waals surface area (Å²) in [6, 6.07) is 2.44. The molecule has 0 saturated carbocycles. The van der Waals surface area contributed by atoms with E-state index in [0.717, 1.165) is 11.1 Å². The van der Waals surface area contributed by atoms with Crippen molar-refractivity contribution in [2.75, 3.05) is 5.32 Å². The lowest BCUT2D eigenvalue weighted by Gasteiger charge is -2.37. The van der Waals surface area contributed by atoms with Crippen molar-refractivity contribution in [1.82, 2.24) is 0 Å². The van der Waals surface area contributed by atoms with Crippen LogP contribution in [0.4, 0.5) is 11.4 Å². The molecular formula is C14H13N2O4-. The molecule has 0 fully saturated rings. The van der Waals surface area contributed by atoms with E-state index >= 15 is 0 Å². The summed E-state index contributed by atoms with van der Waals surface area (Å²) in [7, 11) is 0. The summed E-state index contributed by atoms with van der Waals surface area (Å²) in [5, 5.41) is 25.3. The summed E-state index contributed by atoms with van der Waals surface area (Å²) in [6.45, 7) is 1.80. The average molecular weight is 273 g/mol. The monoisotopic (exact) mass is 273 g/mol. The summed E-state index contributed by atoms with van der Waals surface area (Å²) < 4.78 is 0. The smallest absolute Gasteiger partial charge is 0.292 e. The van der Waals surface area contributed by atoms with E-state index in [1.54, 1.807) is 6.92 Å². The van der Waals surface area contributed by atoms with Crippen LogP contribution in [0.3, 0.4) is 0 Å². The predicted octanol–water partition coefficient (Wildman–Crippen LogP) is 1.11. The number of anilines is 1. The van der Waals surface area contributed by atoms with Crippen molar-refractivity contribution in [3.05, 3.63) is 45.5 Å². The van der Waals surface area contributed by atoms with Gasteiger partial charge in [0, 0.05) is 12.0 Å². The maximum absolute atomic E-state index is 11.3. The number of benzene rings is 1. The van der Waals surface area contributed by atoms with Gasteiger partial charge in [-0.2, -0.15) is 0 Å². The van der Waals surface area contributed by atoms with Crippen LogP contribution in [0.15, 0.2) is 24.3 Å². The number of hydrogen-bond donors (Lipinski definition) is 1. The lowest BCUT2D eigenvalue weighted by atomic mass is 9.78. The third-order valence-corrected chi connectivity index (χ3v) is 4.04. The van der Waals surface area contributed by atoms with E-state index in [1.165, 1.54) is 6.07 Å². The van der Waals surface area contributed by atoms with Crippen molar-refractivity contribution in [1.29, 1.82) is 0 Å². The SMILES string of the molecule is Cc1cc2c(c([N+](=O)[O-])c1)N[C@H](C(=O)[O-])[C@@H]1CC=C[C@H]21. The molecule has 1 aromatic rings. The third kappa shape index (κ3) is 1.76. The highest BCUT2D eigenvalue weighted by Crippen LogP contribution is 2.47. The first kappa shape index (κ1) is 12.7. The summed E-state index contributed by atoms with van der Waals surface area (Å²) in [6.07, 6.45) is 4.50. The topological polar surface area (TPSA) is 95.3 Å². The van der Waals surface area contributed by atoms with Gasteiger partial charge in [0.25, 0.3) is 5.69 Å². The van der Waals surface area contributed by atoms with E-state index in [0.29, 0.717) is 12.1 Å². The Morgan fingerprint density at radius 1 is 1.45 bits per heavy atom. The molecule has 0 amide bonds. The van der Waals surface area contributed by atoms with Crippen LogP contribution in [0.25, 0.3) is 0 Å². The van der Waals surface area contributed by atoms with Crippen LogP contribution in [0.1, 0.15) is 23.5 Å². The molecule has 1 heterocycles. The minimum atomic E-state index is -1.22. The molecule has 3 rings (SSSR count). The summed E-state index contributed by atoms with van der Waals surface area (Å²) in [5.74, 6) is -1.47. The van der Waals surface area contributed by atoms with Gasteiger partial charge < -0.3 is 15.2 Å². The fourth-order valence-corrected chi connectivity index (χ4v) is 3.20. The second-order valence-corrected chi connectivity index (χ2v) is 5.30. The van der Waals surface area contributed by atoms with Crippen LogP contribution in [-0.4, -0.2) is 16.9 Å². The minimum Gasteiger partial charge on any atom is -0.548 e.